The van der Waals surface area contributed by atoms with Crippen molar-refractivity contribution in [3.05, 3.63) is 172 Å². The van der Waals surface area contributed by atoms with Gasteiger partial charge >= 0.3 is 6.71 Å². The molecule has 3 aromatic rings. The third kappa shape index (κ3) is 4.75. The zero-order valence-electron chi connectivity index (χ0n) is 30.3. The van der Waals surface area contributed by atoms with E-state index < -0.39 is 230 Å². The summed E-state index contributed by atoms with van der Waals surface area (Å²) in [6.07, 6.45) is 0. The van der Waals surface area contributed by atoms with E-state index in [1.165, 1.54) is 0 Å². The van der Waals surface area contributed by atoms with E-state index in [1.54, 1.807) is 0 Å². The summed E-state index contributed by atoms with van der Waals surface area (Å²) in [6.45, 7) is -6.30. The van der Waals surface area contributed by atoms with E-state index in [4.69, 9.17) is 0 Å². The van der Waals surface area contributed by atoms with Gasteiger partial charge in [-0.3, -0.25) is 0 Å². The maximum absolute atomic E-state index is 18.8. The molecule has 0 bridgehead atoms. The molecule has 0 heterocycles. The molecule has 3 aromatic carbocycles. The van der Waals surface area contributed by atoms with Gasteiger partial charge in [0.25, 0.3) is 0 Å². The van der Waals surface area contributed by atoms with Crippen LogP contribution in [0.1, 0.15) is 33.4 Å². The minimum atomic E-state index is -6.95. The lowest BCUT2D eigenvalue weighted by molar-refractivity contribution is 0.203. The number of halogens is 27. The predicted molar refractivity (Wildman–Crippen MR) is 172 cm³/mol. The molecule has 0 N–H and O–H groups in total. The summed E-state index contributed by atoms with van der Waals surface area (Å²) in [5.74, 6) is -85.3. The van der Waals surface area contributed by atoms with Crippen molar-refractivity contribution < 1.29 is 119 Å². The second kappa shape index (κ2) is 13.6. The molecule has 0 saturated carbocycles. The van der Waals surface area contributed by atoms with Gasteiger partial charge in [-0.05, 0) is 0 Å². The molecule has 0 nitrogen and oxygen atoms in total. The fourth-order valence-electron chi connectivity index (χ4n) is 9.04. The Labute approximate surface area is 348 Å². The minimum absolute atomic E-state index is 2.77. The minimum Gasteiger partial charge on any atom is -0.240 e. The molecule has 0 amide bonds. The van der Waals surface area contributed by atoms with Gasteiger partial charge < -0.3 is 0 Å². The highest BCUT2D eigenvalue weighted by molar-refractivity contribution is 6.75. The number of fused-ring (bicyclic) bond motifs is 9. The second-order valence-electron chi connectivity index (χ2n) is 14.6. The van der Waals surface area contributed by atoms with Crippen molar-refractivity contribution in [2.45, 2.75) is 16.7 Å². The van der Waals surface area contributed by atoms with Gasteiger partial charge in [0, 0.05) is 50.1 Å². The number of benzene rings is 3. The summed E-state index contributed by atoms with van der Waals surface area (Å²) in [6, 6.07) is 0. The number of alkyl halides is 3. The van der Waals surface area contributed by atoms with Crippen LogP contribution in [0.5, 0.6) is 0 Å². The van der Waals surface area contributed by atoms with Crippen molar-refractivity contribution in [1.82, 2.24) is 0 Å². The first kappa shape index (κ1) is 45.6. The van der Waals surface area contributed by atoms with Crippen LogP contribution in [0, 0.1) is 69.8 Å². The summed E-state index contributed by atoms with van der Waals surface area (Å²) in [5, 5.41) is 0. The highest BCUT2D eigenvalue weighted by Gasteiger charge is 2.81. The van der Waals surface area contributed by atoms with Crippen LogP contribution in [0.15, 0.2) is 69.2 Å². The molecule has 6 aliphatic carbocycles. The van der Waals surface area contributed by atoms with Gasteiger partial charge in [-0.1, -0.05) is 0 Å². The standard InChI is InChI=1S/C39BF27/c41-13-7-1(16(44)25(53)28(56)22(7)50)4-10(13)37(65,34(62)31(59)19(4)47)40(38(66)11-5(20(48)32(60)35(38)63)2-8(14(11)42)23(51)29(57)26(54)17(2)45)39(67)12-6(21(49)33(61)36(39)64)3-9(15(12)43)24(52)30(58)27(55)18(3)46. The summed E-state index contributed by atoms with van der Waals surface area (Å²) < 4.78 is 430. The van der Waals surface area contributed by atoms with Crippen LogP contribution in [0.4, 0.5) is 119 Å². The van der Waals surface area contributed by atoms with Crippen molar-refractivity contribution in [3.63, 3.8) is 0 Å². The number of hydrogen-bond donors (Lipinski definition) is 0. The molecule has 9 rings (SSSR count). The average Bonchev–Trinajstić information content (AvgIpc) is 3.91. The molecule has 0 spiro atoms. The first-order valence-corrected chi connectivity index (χ1v) is 17.2. The van der Waals surface area contributed by atoms with E-state index in [9.17, 15) is 26.3 Å². The van der Waals surface area contributed by atoms with Gasteiger partial charge in [0.1, 0.15) is 17.5 Å². The molecule has 3 unspecified atom stereocenters. The van der Waals surface area contributed by atoms with Crippen molar-refractivity contribution in [2.24, 2.45) is 0 Å². The van der Waals surface area contributed by atoms with Gasteiger partial charge in [0.2, 0.25) is 0 Å². The molecule has 0 aromatic heterocycles. The second-order valence-corrected chi connectivity index (χ2v) is 14.6. The van der Waals surface area contributed by atoms with Gasteiger partial charge in [-0.2, -0.15) is 0 Å². The van der Waals surface area contributed by atoms with Crippen LogP contribution >= 0.6 is 0 Å². The molecule has 67 heavy (non-hydrogen) atoms. The quantitative estimate of drug-likeness (QED) is 0.106. The Hall–Kier alpha value is -6.51. The SMILES string of the molecule is FC1=C2C(=C(F)c3c(F)c(F)c(F)c(F)c32)C(F)(B(C2(F)C(F)=C(F)C(F)=C3C2=C(F)c2c(F)c(F)c(F)c(F)c23)C2(F)C(F)=C(F)C(F)=C3C2=C(F)c2c(F)c(F)c(F)c(F)c23)C(F)=C1F. The van der Waals surface area contributed by atoms with Crippen LogP contribution in [0.25, 0.3) is 34.2 Å². The van der Waals surface area contributed by atoms with Gasteiger partial charge in [-0.25, -0.2) is 119 Å². The molecule has 28 heteroatoms. The summed E-state index contributed by atoms with van der Waals surface area (Å²) in [4.78, 5) is 0. The Morgan fingerprint density at radius 3 is 0.582 bits per heavy atom. The van der Waals surface area contributed by atoms with Crippen molar-refractivity contribution in [3.8, 4) is 0 Å². The lowest BCUT2D eigenvalue weighted by Crippen LogP contribution is -2.71. The number of rotatable bonds is 3. The molecule has 0 fully saturated rings. The van der Waals surface area contributed by atoms with E-state index in [-0.39, 0.29) is 0 Å². The Bertz CT molecular complexity index is 3030. The van der Waals surface area contributed by atoms with E-state index in [0.29, 0.717) is 0 Å². The lowest BCUT2D eigenvalue weighted by atomic mass is 9.19. The molecule has 0 saturated heterocycles. The number of hydrogen-bond acceptors (Lipinski definition) is 0. The Morgan fingerprint density at radius 1 is 0.209 bits per heavy atom. The van der Waals surface area contributed by atoms with Crippen LogP contribution in [-0.2, 0) is 0 Å². The van der Waals surface area contributed by atoms with Crippen LogP contribution in [0.3, 0.4) is 0 Å². The van der Waals surface area contributed by atoms with E-state index >= 15 is 92.2 Å². The first-order chi connectivity index (χ1) is 31.0. The smallest absolute Gasteiger partial charge is 0.240 e. The Balaban J connectivity index is 1.54. The monoisotopic (exact) mass is 992 g/mol. The normalized spacial score (nSPS) is 24.6. The third-order valence-electron chi connectivity index (χ3n) is 11.7. The third-order valence-corrected chi connectivity index (χ3v) is 11.7. The Morgan fingerprint density at radius 2 is 0.388 bits per heavy atom. The average molecular weight is 992 g/mol. The Kier molecular flexibility index (Phi) is 9.24. The van der Waals surface area contributed by atoms with E-state index in [2.05, 4.69) is 0 Å². The zero-order chi connectivity index (χ0) is 49.9. The molecule has 348 valence electrons. The lowest BCUT2D eigenvalue weighted by Gasteiger charge is -2.48. The van der Waals surface area contributed by atoms with Crippen molar-refractivity contribution >= 4 is 40.9 Å². The molecule has 0 aliphatic heterocycles. The van der Waals surface area contributed by atoms with Crippen LogP contribution in [-0.4, -0.2) is 23.4 Å². The van der Waals surface area contributed by atoms with E-state index in [1.807, 2.05) is 0 Å². The van der Waals surface area contributed by atoms with Crippen LogP contribution < -0.4 is 0 Å². The highest BCUT2D eigenvalue weighted by Crippen LogP contribution is 2.70. The molecular formula is C39BF27. The predicted octanol–water partition coefficient (Wildman–Crippen LogP) is 14.6. The fraction of sp³-hybridized carbons (Fsp3) is 0.0769. The largest absolute Gasteiger partial charge is 0.320 e. The van der Waals surface area contributed by atoms with Gasteiger partial charge in [0.05, 0.1) is 16.7 Å². The zero-order valence-corrected chi connectivity index (χ0v) is 30.3. The first-order valence-electron chi connectivity index (χ1n) is 17.2. The molecular weight excluding hydrogens is 992 g/mol. The highest BCUT2D eigenvalue weighted by atomic mass is 19.2. The molecule has 3 atom stereocenters. The number of allylic oxidation sites excluding steroid dienone is 15. The molecule has 0 radical (unpaired) electrons. The summed E-state index contributed by atoms with van der Waals surface area (Å²) in [7, 11) is 0. The van der Waals surface area contributed by atoms with Crippen molar-refractivity contribution in [2.75, 3.05) is 0 Å². The van der Waals surface area contributed by atoms with E-state index in [0.717, 1.165) is 0 Å². The molecule has 6 aliphatic rings. The van der Waals surface area contributed by atoms with Crippen LogP contribution in [0.2, 0.25) is 0 Å². The summed E-state index contributed by atoms with van der Waals surface area (Å²) in [5.41, 5.74) is -57.8. The topological polar surface area (TPSA) is 0 Å². The van der Waals surface area contributed by atoms with Gasteiger partial charge in [0.15, 0.2) is 139 Å². The maximum Gasteiger partial charge on any atom is 0.320 e. The maximum atomic E-state index is 18.8. The van der Waals surface area contributed by atoms with Crippen molar-refractivity contribution in [1.29, 1.82) is 0 Å². The fourth-order valence-corrected chi connectivity index (χ4v) is 9.04. The summed E-state index contributed by atoms with van der Waals surface area (Å²) >= 11 is 0. The van der Waals surface area contributed by atoms with Gasteiger partial charge in [-0.15, -0.1) is 0 Å².